The van der Waals surface area contributed by atoms with E-state index in [1.54, 1.807) is 61.9 Å². The van der Waals surface area contributed by atoms with Crippen LogP contribution < -0.4 is 24.4 Å². The van der Waals surface area contributed by atoms with Crippen LogP contribution in [0.25, 0.3) is 0 Å². The number of anilines is 2. The number of carbonyl (C=O) groups is 3. The highest BCUT2D eigenvalue weighted by Crippen LogP contribution is 2.32. The SMILES string of the molecule is COc1cc(C(=O)N(C)c2ccccc2OCCC(C)CCC(=O)N2CCN(C)CC2)ccc1NC(=O)c1ccccc1OCc1cccnc1.Cl.Cl. The highest BCUT2D eigenvalue weighted by atomic mass is 35.5. The van der Waals surface area contributed by atoms with Crippen molar-refractivity contribution in [3.8, 4) is 17.2 Å². The van der Waals surface area contributed by atoms with Crippen LogP contribution in [0.5, 0.6) is 17.2 Å². The van der Waals surface area contributed by atoms with Crippen LogP contribution in [0.3, 0.4) is 0 Å². The molecule has 2 heterocycles. The average Bonchev–Trinajstić information content (AvgIpc) is 3.16. The van der Waals surface area contributed by atoms with Crippen LogP contribution in [-0.2, 0) is 11.4 Å². The number of piperazine rings is 1. The molecular weight excluding hydrogens is 717 g/mol. The maximum atomic E-state index is 13.7. The van der Waals surface area contributed by atoms with Gasteiger partial charge in [-0.1, -0.05) is 37.3 Å². The molecule has 1 saturated heterocycles. The second-order valence-electron chi connectivity index (χ2n) is 12.8. The van der Waals surface area contributed by atoms with E-state index in [4.69, 9.17) is 14.2 Å². The Bertz CT molecular complexity index is 1790. The van der Waals surface area contributed by atoms with Crippen molar-refractivity contribution in [1.82, 2.24) is 14.8 Å². The van der Waals surface area contributed by atoms with E-state index in [0.717, 1.165) is 44.6 Å². The van der Waals surface area contributed by atoms with Crippen LogP contribution in [0.4, 0.5) is 11.4 Å². The minimum absolute atomic E-state index is 0. The number of likely N-dealkylation sites (N-methyl/N-ethyl adjacent to an activating group) is 1. The van der Waals surface area contributed by atoms with Gasteiger partial charge in [0.15, 0.2) is 0 Å². The summed E-state index contributed by atoms with van der Waals surface area (Å²) in [6.45, 7) is 6.29. The summed E-state index contributed by atoms with van der Waals surface area (Å²) in [5.74, 6) is 1.24. The molecule has 11 nitrogen and oxygen atoms in total. The molecule has 1 unspecified atom stereocenters. The molecule has 1 aliphatic heterocycles. The zero-order valence-corrected chi connectivity index (χ0v) is 32.3. The first-order valence-electron chi connectivity index (χ1n) is 17.3. The van der Waals surface area contributed by atoms with Crippen molar-refractivity contribution in [1.29, 1.82) is 0 Å². The lowest BCUT2D eigenvalue weighted by Gasteiger charge is -2.32. The number of nitrogens with zero attached hydrogens (tertiary/aromatic N) is 4. The average molecular weight is 767 g/mol. The number of ether oxygens (including phenoxy) is 3. The smallest absolute Gasteiger partial charge is 0.259 e. The fraction of sp³-hybridized carbons (Fsp3) is 0.350. The van der Waals surface area contributed by atoms with Gasteiger partial charge in [-0.15, -0.1) is 24.8 Å². The van der Waals surface area contributed by atoms with Gasteiger partial charge in [0, 0.05) is 63.2 Å². The molecule has 0 spiro atoms. The first kappa shape index (κ1) is 42.6. The Kier molecular flexibility index (Phi) is 16.9. The summed E-state index contributed by atoms with van der Waals surface area (Å²) < 4.78 is 17.7. The van der Waals surface area contributed by atoms with Crippen LogP contribution in [0.2, 0.25) is 0 Å². The lowest BCUT2D eigenvalue weighted by Crippen LogP contribution is -2.47. The molecule has 0 aliphatic carbocycles. The van der Waals surface area contributed by atoms with Crippen LogP contribution in [0, 0.1) is 5.92 Å². The van der Waals surface area contributed by atoms with E-state index in [0.29, 0.717) is 58.7 Å². The predicted octanol–water partition coefficient (Wildman–Crippen LogP) is 7.00. The van der Waals surface area contributed by atoms with Gasteiger partial charge in [-0.2, -0.15) is 0 Å². The Labute approximate surface area is 324 Å². The van der Waals surface area contributed by atoms with E-state index in [1.807, 2.05) is 41.3 Å². The first-order chi connectivity index (χ1) is 24.7. The van der Waals surface area contributed by atoms with Gasteiger partial charge in [0.2, 0.25) is 5.91 Å². The molecule has 3 aromatic carbocycles. The van der Waals surface area contributed by atoms with Gasteiger partial charge in [0.1, 0.15) is 23.9 Å². The third-order valence-electron chi connectivity index (χ3n) is 9.05. The number of methoxy groups -OCH3 is 1. The summed E-state index contributed by atoms with van der Waals surface area (Å²) in [5, 5.41) is 2.89. The third-order valence-corrected chi connectivity index (χ3v) is 9.05. The normalized spacial score (nSPS) is 13.1. The number of benzene rings is 3. The molecule has 1 aliphatic rings. The van der Waals surface area contributed by atoms with Crippen molar-refractivity contribution >= 4 is 53.9 Å². The minimum atomic E-state index is -0.381. The lowest BCUT2D eigenvalue weighted by atomic mass is 10.0. The topological polar surface area (TPSA) is 114 Å². The van der Waals surface area contributed by atoms with Gasteiger partial charge >= 0.3 is 0 Å². The second-order valence-corrected chi connectivity index (χ2v) is 12.8. The Morgan fingerprint density at radius 2 is 1.58 bits per heavy atom. The molecule has 5 rings (SSSR count). The summed E-state index contributed by atoms with van der Waals surface area (Å²) >= 11 is 0. The molecule has 4 aromatic rings. The second kappa shape index (κ2) is 21.0. The number of hydrogen-bond donors (Lipinski definition) is 1. The number of rotatable bonds is 15. The number of carbonyl (C=O) groups excluding carboxylic acids is 3. The van der Waals surface area contributed by atoms with Crippen molar-refractivity contribution in [3.05, 3.63) is 108 Å². The maximum Gasteiger partial charge on any atom is 0.259 e. The quantitative estimate of drug-likeness (QED) is 0.138. The van der Waals surface area contributed by atoms with Gasteiger partial charge in [-0.25, -0.2) is 0 Å². The number of halogens is 2. The summed E-state index contributed by atoms with van der Waals surface area (Å²) in [7, 11) is 5.26. The maximum absolute atomic E-state index is 13.7. The Hall–Kier alpha value is -4.84. The van der Waals surface area contributed by atoms with E-state index in [-0.39, 0.29) is 49.1 Å². The van der Waals surface area contributed by atoms with Crippen LogP contribution >= 0.6 is 24.8 Å². The van der Waals surface area contributed by atoms with E-state index >= 15 is 0 Å². The molecular formula is C40H49Cl2N5O6. The molecule has 53 heavy (non-hydrogen) atoms. The van der Waals surface area contributed by atoms with Crippen molar-refractivity contribution in [2.45, 2.75) is 32.8 Å². The van der Waals surface area contributed by atoms with E-state index < -0.39 is 0 Å². The molecule has 1 aromatic heterocycles. The fourth-order valence-corrected chi connectivity index (χ4v) is 5.80. The van der Waals surface area contributed by atoms with Crippen molar-refractivity contribution < 1.29 is 28.6 Å². The largest absolute Gasteiger partial charge is 0.495 e. The fourth-order valence-electron chi connectivity index (χ4n) is 5.80. The lowest BCUT2D eigenvalue weighted by molar-refractivity contribution is -0.133. The molecule has 0 radical (unpaired) electrons. The Balaban J connectivity index is 0.00000378. The van der Waals surface area contributed by atoms with E-state index in [9.17, 15) is 14.4 Å². The van der Waals surface area contributed by atoms with Crippen molar-refractivity contribution in [2.75, 3.05) is 64.2 Å². The number of pyridine rings is 1. The Morgan fingerprint density at radius 1 is 0.868 bits per heavy atom. The van der Waals surface area contributed by atoms with Crippen LogP contribution in [-0.4, -0.2) is 86.5 Å². The third kappa shape index (κ3) is 11.8. The summed E-state index contributed by atoms with van der Waals surface area (Å²) in [6, 6.07) is 23.0. The molecule has 284 valence electrons. The van der Waals surface area contributed by atoms with Gasteiger partial charge in [-0.3, -0.25) is 19.4 Å². The molecule has 1 N–H and O–H groups in total. The summed E-state index contributed by atoms with van der Waals surface area (Å²) in [5.41, 5.74) is 2.64. The minimum Gasteiger partial charge on any atom is -0.495 e. The zero-order chi connectivity index (χ0) is 36.2. The molecule has 1 fully saturated rings. The summed E-state index contributed by atoms with van der Waals surface area (Å²) in [6.07, 6.45) is 5.53. The predicted molar refractivity (Wildman–Crippen MR) is 212 cm³/mol. The van der Waals surface area contributed by atoms with Crippen LogP contribution in [0.15, 0.2) is 91.3 Å². The van der Waals surface area contributed by atoms with Gasteiger partial charge in [0.05, 0.1) is 30.7 Å². The number of nitrogens with one attached hydrogen (secondary N) is 1. The molecule has 1 atom stereocenters. The van der Waals surface area contributed by atoms with Gasteiger partial charge in [-0.05, 0) is 74.3 Å². The number of hydrogen-bond acceptors (Lipinski definition) is 8. The summed E-state index contributed by atoms with van der Waals surface area (Å²) in [4.78, 5) is 49.6. The number of amides is 3. The zero-order valence-electron chi connectivity index (χ0n) is 30.7. The standard InChI is InChI=1S/C40H47N5O6.2ClH/c1-29(15-18-38(46)45-23-21-43(2)22-24-45)19-25-50-36-14-8-6-12-34(36)44(3)40(48)31-16-17-33(37(26-31)49-4)42-39(47)32-11-5-7-13-35(32)51-28-30-10-9-20-41-27-30;;/h5-14,16-17,20,26-27,29H,15,18-19,21-25,28H2,1-4H3,(H,42,47);2*1H. The van der Waals surface area contributed by atoms with E-state index in [1.165, 1.54) is 12.0 Å². The van der Waals surface area contributed by atoms with E-state index in [2.05, 4.69) is 29.2 Å². The molecule has 0 bridgehead atoms. The molecule has 13 heteroatoms. The monoisotopic (exact) mass is 765 g/mol. The number of aromatic nitrogens is 1. The van der Waals surface area contributed by atoms with Crippen molar-refractivity contribution in [2.24, 2.45) is 5.92 Å². The van der Waals surface area contributed by atoms with Crippen molar-refractivity contribution in [3.63, 3.8) is 0 Å². The molecule has 3 amide bonds. The highest BCUT2D eigenvalue weighted by molar-refractivity contribution is 6.09. The molecule has 0 saturated carbocycles. The van der Waals surface area contributed by atoms with Gasteiger partial charge < -0.3 is 34.2 Å². The van der Waals surface area contributed by atoms with Gasteiger partial charge in [0.25, 0.3) is 11.8 Å². The first-order valence-corrected chi connectivity index (χ1v) is 17.3. The number of para-hydroxylation sites is 3. The Morgan fingerprint density at radius 3 is 2.30 bits per heavy atom. The van der Waals surface area contributed by atoms with Crippen LogP contribution in [0.1, 0.15) is 52.5 Å². The highest BCUT2D eigenvalue weighted by Gasteiger charge is 2.22.